The molecule has 3 rings (SSSR count). The molecular weight excluding hydrogens is 401 g/mol. The first-order chi connectivity index (χ1) is 13.3. The Kier molecular flexibility index (Phi) is 6.30. The molecule has 1 amide bonds. The summed E-state index contributed by atoms with van der Waals surface area (Å²) >= 11 is 1.42. The standard InChI is InChI=1S/C20H22FNO4S2/c1-13(14-7-8-18(26-2)17(21)11-14)22-20(23)16-5-3-4-6-19(16)27-15-9-10-28(24,25)12-15/h3-8,11,13,15H,9-10,12H2,1-2H3,(H,22,23)/t13-,15+/m1/s1. The lowest BCUT2D eigenvalue weighted by atomic mass is 10.1. The molecule has 8 heteroatoms. The zero-order chi connectivity index (χ0) is 20.3. The Balaban J connectivity index is 1.73. The van der Waals surface area contributed by atoms with Crippen molar-refractivity contribution in [3.8, 4) is 5.75 Å². The van der Waals surface area contributed by atoms with E-state index in [0.717, 1.165) is 4.90 Å². The third-order valence-corrected chi connectivity index (χ3v) is 7.96. The Morgan fingerprint density at radius 2 is 2.04 bits per heavy atom. The molecule has 1 N–H and O–H groups in total. The zero-order valence-electron chi connectivity index (χ0n) is 15.6. The van der Waals surface area contributed by atoms with Gasteiger partial charge in [0.15, 0.2) is 21.4 Å². The van der Waals surface area contributed by atoms with E-state index in [0.29, 0.717) is 17.5 Å². The third-order valence-electron chi connectivity index (χ3n) is 4.64. The molecule has 2 aromatic carbocycles. The molecule has 0 aromatic heterocycles. The summed E-state index contributed by atoms with van der Waals surface area (Å²) in [6.45, 7) is 1.78. The monoisotopic (exact) mass is 423 g/mol. The maximum atomic E-state index is 13.9. The quantitative estimate of drug-likeness (QED) is 0.769. The largest absolute Gasteiger partial charge is 0.494 e. The van der Waals surface area contributed by atoms with Gasteiger partial charge in [0.2, 0.25) is 0 Å². The van der Waals surface area contributed by atoms with Crippen molar-refractivity contribution in [3.63, 3.8) is 0 Å². The summed E-state index contributed by atoms with van der Waals surface area (Å²) in [4.78, 5) is 13.5. The average molecular weight is 424 g/mol. The van der Waals surface area contributed by atoms with Crippen molar-refractivity contribution >= 4 is 27.5 Å². The molecule has 1 fully saturated rings. The van der Waals surface area contributed by atoms with E-state index in [9.17, 15) is 17.6 Å². The van der Waals surface area contributed by atoms with Crippen LogP contribution >= 0.6 is 11.8 Å². The predicted molar refractivity (Wildman–Crippen MR) is 108 cm³/mol. The molecule has 150 valence electrons. The van der Waals surface area contributed by atoms with Gasteiger partial charge in [-0.2, -0.15) is 0 Å². The van der Waals surface area contributed by atoms with Gasteiger partial charge in [-0.3, -0.25) is 4.79 Å². The van der Waals surface area contributed by atoms with E-state index in [2.05, 4.69) is 5.32 Å². The van der Waals surface area contributed by atoms with Crippen LogP contribution in [0.25, 0.3) is 0 Å². The molecule has 0 bridgehead atoms. The van der Waals surface area contributed by atoms with Crippen LogP contribution in [0.3, 0.4) is 0 Å². The van der Waals surface area contributed by atoms with E-state index >= 15 is 0 Å². The highest BCUT2D eigenvalue weighted by molar-refractivity contribution is 8.02. The number of ether oxygens (including phenoxy) is 1. The lowest BCUT2D eigenvalue weighted by Gasteiger charge is -2.17. The number of halogens is 1. The Labute approximate surface area is 168 Å². The van der Waals surface area contributed by atoms with Gasteiger partial charge in [-0.05, 0) is 43.2 Å². The van der Waals surface area contributed by atoms with Crippen LogP contribution in [0.4, 0.5) is 4.39 Å². The summed E-state index contributed by atoms with van der Waals surface area (Å²) in [5.41, 5.74) is 1.11. The number of rotatable bonds is 6. The number of sulfone groups is 1. The molecule has 0 radical (unpaired) electrons. The van der Waals surface area contributed by atoms with Crippen molar-refractivity contribution in [3.05, 3.63) is 59.4 Å². The van der Waals surface area contributed by atoms with Gasteiger partial charge in [0, 0.05) is 10.1 Å². The molecule has 28 heavy (non-hydrogen) atoms. The Morgan fingerprint density at radius 3 is 2.68 bits per heavy atom. The van der Waals surface area contributed by atoms with E-state index in [1.807, 2.05) is 12.1 Å². The molecule has 1 heterocycles. The molecule has 2 atom stereocenters. The zero-order valence-corrected chi connectivity index (χ0v) is 17.3. The van der Waals surface area contributed by atoms with Crippen molar-refractivity contribution in [1.29, 1.82) is 0 Å². The first-order valence-electron chi connectivity index (χ1n) is 8.89. The van der Waals surface area contributed by atoms with Crippen LogP contribution in [0.2, 0.25) is 0 Å². The summed E-state index contributed by atoms with van der Waals surface area (Å²) in [6, 6.07) is 11.3. The van der Waals surface area contributed by atoms with Crippen LogP contribution in [0.5, 0.6) is 5.75 Å². The molecule has 1 aliphatic rings. The molecule has 0 spiro atoms. The highest BCUT2D eigenvalue weighted by atomic mass is 32.2. The number of benzene rings is 2. The molecular formula is C20H22FNO4S2. The Hall–Kier alpha value is -2.06. The van der Waals surface area contributed by atoms with Gasteiger partial charge >= 0.3 is 0 Å². The Bertz CT molecular complexity index is 978. The minimum atomic E-state index is -2.98. The fourth-order valence-electron chi connectivity index (χ4n) is 3.10. The lowest BCUT2D eigenvalue weighted by molar-refractivity contribution is 0.0937. The van der Waals surface area contributed by atoms with Crippen LogP contribution in [-0.4, -0.2) is 38.2 Å². The number of hydrogen-bond donors (Lipinski definition) is 1. The molecule has 5 nitrogen and oxygen atoms in total. The van der Waals surface area contributed by atoms with Gasteiger partial charge in [0.05, 0.1) is 30.2 Å². The van der Waals surface area contributed by atoms with Gasteiger partial charge in [-0.15, -0.1) is 11.8 Å². The van der Waals surface area contributed by atoms with E-state index in [1.54, 1.807) is 25.1 Å². The first kappa shape index (κ1) is 20.7. The second kappa shape index (κ2) is 8.53. The fourth-order valence-corrected chi connectivity index (χ4v) is 6.73. The van der Waals surface area contributed by atoms with Gasteiger partial charge in [0.1, 0.15) is 0 Å². The van der Waals surface area contributed by atoms with Crippen LogP contribution in [0, 0.1) is 5.82 Å². The second-order valence-corrected chi connectivity index (χ2v) is 10.3. The van der Waals surface area contributed by atoms with Crippen molar-refractivity contribution in [1.82, 2.24) is 5.32 Å². The Morgan fingerprint density at radius 1 is 1.29 bits per heavy atom. The molecule has 0 saturated carbocycles. The van der Waals surface area contributed by atoms with Crippen molar-refractivity contribution in [2.75, 3.05) is 18.6 Å². The predicted octanol–water partition coefficient (Wildman–Crippen LogP) is 3.60. The van der Waals surface area contributed by atoms with Crippen molar-refractivity contribution in [2.24, 2.45) is 0 Å². The third kappa shape index (κ3) is 4.86. The number of amides is 1. The second-order valence-electron chi connectivity index (χ2n) is 6.73. The number of methoxy groups -OCH3 is 1. The highest BCUT2D eigenvalue weighted by Gasteiger charge is 2.29. The van der Waals surface area contributed by atoms with Crippen LogP contribution in [0.1, 0.15) is 35.3 Å². The van der Waals surface area contributed by atoms with Crippen molar-refractivity contribution in [2.45, 2.75) is 29.5 Å². The lowest BCUT2D eigenvalue weighted by Crippen LogP contribution is -2.27. The van der Waals surface area contributed by atoms with Crippen molar-refractivity contribution < 1.29 is 22.3 Å². The number of nitrogens with one attached hydrogen (secondary N) is 1. The SMILES string of the molecule is COc1ccc([C@@H](C)NC(=O)c2ccccc2S[C@H]2CCS(=O)(=O)C2)cc1F. The number of hydrogen-bond acceptors (Lipinski definition) is 5. The topological polar surface area (TPSA) is 72.5 Å². The minimum Gasteiger partial charge on any atom is -0.494 e. The summed E-state index contributed by atoms with van der Waals surface area (Å²) in [5.74, 6) is -0.295. The van der Waals surface area contributed by atoms with E-state index in [1.165, 1.54) is 31.0 Å². The smallest absolute Gasteiger partial charge is 0.252 e. The van der Waals surface area contributed by atoms with Gasteiger partial charge in [-0.1, -0.05) is 18.2 Å². The molecule has 0 aliphatic carbocycles. The van der Waals surface area contributed by atoms with Gasteiger partial charge < -0.3 is 10.1 Å². The van der Waals surface area contributed by atoms with E-state index in [4.69, 9.17) is 4.74 Å². The first-order valence-corrected chi connectivity index (χ1v) is 11.6. The van der Waals surface area contributed by atoms with Crippen LogP contribution in [0.15, 0.2) is 47.4 Å². The highest BCUT2D eigenvalue weighted by Crippen LogP contribution is 2.33. The molecule has 0 unspecified atom stereocenters. The molecule has 1 saturated heterocycles. The van der Waals surface area contributed by atoms with Crippen LogP contribution in [-0.2, 0) is 9.84 Å². The normalized spacial score (nSPS) is 19.2. The number of carbonyl (C=O) groups excluding carboxylic acids is 1. The van der Waals surface area contributed by atoms with E-state index in [-0.39, 0.29) is 28.4 Å². The summed E-state index contributed by atoms with van der Waals surface area (Å²) < 4.78 is 42.2. The van der Waals surface area contributed by atoms with Gasteiger partial charge in [-0.25, -0.2) is 12.8 Å². The number of carbonyl (C=O) groups is 1. The summed E-state index contributed by atoms with van der Waals surface area (Å²) in [6.07, 6.45) is 0.588. The maximum Gasteiger partial charge on any atom is 0.252 e. The fraction of sp³-hybridized carbons (Fsp3) is 0.350. The van der Waals surface area contributed by atoms with Gasteiger partial charge in [0.25, 0.3) is 5.91 Å². The van der Waals surface area contributed by atoms with Crippen LogP contribution < -0.4 is 10.1 Å². The molecule has 2 aromatic rings. The maximum absolute atomic E-state index is 13.9. The summed E-state index contributed by atoms with van der Waals surface area (Å²) in [5, 5.41) is 2.83. The molecule has 1 aliphatic heterocycles. The minimum absolute atomic E-state index is 0.0490. The van der Waals surface area contributed by atoms with E-state index < -0.39 is 21.7 Å². The number of thioether (sulfide) groups is 1. The summed E-state index contributed by atoms with van der Waals surface area (Å²) in [7, 11) is -1.58. The average Bonchev–Trinajstić information content (AvgIpc) is 3.00.